The standard InChI is InChI=1S/C9H16O/c1-6-4-7(2)8(3)9(10)5-6/h5,7-10H,4H2,1-3H3. The molecule has 0 saturated heterocycles. The van der Waals surface area contributed by atoms with Gasteiger partial charge in [0.15, 0.2) is 0 Å². The highest BCUT2D eigenvalue weighted by Gasteiger charge is 2.23. The van der Waals surface area contributed by atoms with Crippen molar-refractivity contribution in [2.45, 2.75) is 33.3 Å². The van der Waals surface area contributed by atoms with Gasteiger partial charge in [-0.1, -0.05) is 25.5 Å². The first kappa shape index (κ1) is 7.80. The molecule has 0 aromatic carbocycles. The van der Waals surface area contributed by atoms with Crippen LogP contribution >= 0.6 is 0 Å². The van der Waals surface area contributed by atoms with Crippen LogP contribution in [0, 0.1) is 11.8 Å². The molecule has 0 saturated carbocycles. The molecule has 0 aromatic rings. The third-order valence-corrected chi connectivity index (χ3v) is 2.54. The minimum Gasteiger partial charge on any atom is -0.389 e. The van der Waals surface area contributed by atoms with Crippen LogP contribution in [0.4, 0.5) is 0 Å². The molecule has 1 aliphatic carbocycles. The summed E-state index contributed by atoms with van der Waals surface area (Å²) >= 11 is 0. The first-order chi connectivity index (χ1) is 4.61. The molecule has 0 amide bonds. The number of hydrogen-bond donors (Lipinski definition) is 1. The lowest BCUT2D eigenvalue weighted by Crippen LogP contribution is -2.26. The number of hydrogen-bond acceptors (Lipinski definition) is 1. The summed E-state index contributed by atoms with van der Waals surface area (Å²) in [6.45, 7) is 6.40. The Morgan fingerprint density at radius 3 is 2.60 bits per heavy atom. The van der Waals surface area contributed by atoms with Crippen molar-refractivity contribution >= 4 is 0 Å². The molecule has 0 aromatic heterocycles. The molecule has 0 fully saturated rings. The number of rotatable bonds is 0. The van der Waals surface area contributed by atoms with E-state index in [2.05, 4.69) is 20.8 Å². The number of aliphatic hydroxyl groups is 1. The average Bonchev–Trinajstić information content (AvgIpc) is 1.82. The molecule has 0 aliphatic heterocycles. The largest absolute Gasteiger partial charge is 0.389 e. The summed E-state index contributed by atoms with van der Waals surface area (Å²) < 4.78 is 0. The molecule has 1 aliphatic rings. The lowest BCUT2D eigenvalue weighted by Gasteiger charge is -2.28. The fourth-order valence-electron chi connectivity index (χ4n) is 1.54. The zero-order valence-electron chi connectivity index (χ0n) is 6.96. The molecule has 1 rings (SSSR count). The van der Waals surface area contributed by atoms with Gasteiger partial charge in [-0.2, -0.15) is 0 Å². The van der Waals surface area contributed by atoms with Crippen molar-refractivity contribution < 1.29 is 5.11 Å². The van der Waals surface area contributed by atoms with Gasteiger partial charge in [-0.25, -0.2) is 0 Å². The van der Waals surface area contributed by atoms with Gasteiger partial charge in [0, 0.05) is 0 Å². The fraction of sp³-hybridized carbons (Fsp3) is 0.778. The van der Waals surface area contributed by atoms with E-state index in [0.717, 1.165) is 6.42 Å². The van der Waals surface area contributed by atoms with Crippen LogP contribution in [0.25, 0.3) is 0 Å². The molecule has 1 heteroatoms. The van der Waals surface area contributed by atoms with Crippen molar-refractivity contribution in [3.8, 4) is 0 Å². The van der Waals surface area contributed by atoms with E-state index >= 15 is 0 Å². The molecular weight excluding hydrogens is 124 g/mol. The zero-order chi connectivity index (χ0) is 7.72. The van der Waals surface area contributed by atoms with Gasteiger partial charge in [0.1, 0.15) is 0 Å². The highest BCUT2D eigenvalue weighted by Crippen LogP contribution is 2.28. The smallest absolute Gasteiger partial charge is 0.0751 e. The van der Waals surface area contributed by atoms with E-state index < -0.39 is 0 Å². The third kappa shape index (κ3) is 1.40. The van der Waals surface area contributed by atoms with Gasteiger partial charge in [0.25, 0.3) is 0 Å². The van der Waals surface area contributed by atoms with Crippen molar-refractivity contribution in [2.24, 2.45) is 11.8 Å². The minimum absolute atomic E-state index is 0.205. The number of aliphatic hydroxyl groups excluding tert-OH is 1. The Morgan fingerprint density at radius 1 is 1.50 bits per heavy atom. The topological polar surface area (TPSA) is 20.2 Å². The van der Waals surface area contributed by atoms with E-state index in [9.17, 15) is 5.11 Å². The zero-order valence-corrected chi connectivity index (χ0v) is 6.96. The summed E-state index contributed by atoms with van der Waals surface area (Å²) in [7, 11) is 0. The Labute approximate surface area is 62.8 Å². The lowest BCUT2D eigenvalue weighted by molar-refractivity contribution is 0.118. The normalized spacial score (nSPS) is 41.2. The summed E-state index contributed by atoms with van der Waals surface area (Å²) in [6.07, 6.45) is 2.92. The highest BCUT2D eigenvalue weighted by molar-refractivity contribution is 5.08. The third-order valence-electron chi connectivity index (χ3n) is 2.54. The van der Waals surface area contributed by atoms with E-state index in [4.69, 9.17) is 0 Å². The monoisotopic (exact) mass is 140 g/mol. The van der Waals surface area contributed by atoms with E-state index in [1.54, 1.807) is 0 Å². The van der Waals surface area contributed by atoms with Crippen LogP contribution < -0.4 is 0 Å². The van der Waals surface area contributed by atoms with Gasteiger partial charge in [-0.3, -0.25) is 0 Å². The van der Waals surface area contributed by atoms with Crippen molar-refractivity contribution in [2.75, 3.05) is 0 Å². The second kappa shape index (κ2) is 2.75. The average molecular weight is 140 g/mol. The molecular formula is C9H16O. The molecule has 0 spiro atoms. The first-order valence-corrected chi connectivity index (χ1v) is 3.96. The van der Waals surface area contributed by atoms with Crippen LogP contribution in [0.2, 0.25) is 0 Å². The van der Waals surface area contributed by atoms with Gasteiger partial charge >= 0.3 is 0 Å². The Morgan fingerprint density at radius 2 is 2.10 bits per heavy atom. The molecule has 3 unspecified atom stereocenters. The molecule has 58 valence electrons. The minimum atomic E-state index is -0.205. The van der Waals surface area contributed by atoms with Gasteiger partial charge in [-0.05, 0) is 25.2 Å². The second-order valence-electron chi connectivity index (χ2n) is 3.54. The first-order valence-electron chi connectivity index (χ1n) is 3.96. The maximum atomic E-state index is 9.44. The van der Waals surface area contributed by atoms with Crippen LogP contribution in [0.15, 0.2) is 11.6 Å². The maximum Gasteiger partial charge on any atom is 0.0751 e. The number of allylic oxidation sites excluding steroid dienone is 1. The van der Waals surface area contributed by atoms with Crippen molar-refractivity contribution in [1.82, 2.24) is 0 Å². The predicted octanol–water partition coefficient (Wildman–Crippen LogP) is 1.97. The van der Waals surface area contributed by atoms with E-state index in [-0.39, 0.29) is 6.10 Å². The molecule has 1 nitrogen and oxygen atoms in total. The van der Waals surface area contributed by atoms with Crippen molar-refractivity contribution in [3.63, 3.8) is 0 Å². The van der Waals surface area contributed by atoms with Gasteiger partial charge in [-0.15, -0.1) is 0 Å². The summed E-state index contributed by atoms with van der Waals surface area (Å²) in [4.78, 5) is 0. The van der Waals surface area contributed by atoms with Gasteiger partial charge < -0.3 is 5.11 Å². The Hall–Kier alpha value is -0.300. The van der Waals surface area contributed by atoms with Gasteiger partial charge in [0.05, 0.1) is 6.10 Å². The molecule has 1 N–H and O–H groups in total. The highest BCUT2D eigenvalue weighted by atomic mass is 16.3. The molecule has 0 heterocycles. The molecule has 0 bridgehead atoms. The Balaban J connectivity index is 2.69. The van der Waals surface area contributed by atoms with Crippen molar-refractivity contribution in [3.05, 3.63) is 11.6 Å². The molecule has 3 atom stereocenters. The van der Waals surface area contributed by atoms with Crippen LogP contribution in [0.3, 0.4) is 0 Å². The summed E-state index contributed by atoms with van der Waals surface area (Å²) in [5, 5.41) is 9.44. The van der Waals surface area contributed by atoms with E-state index in [1.807, 2.05) is 6.08 Å². The van der Waals surface area contributed by atoms with E-state index in [1.165, 1.54) is 5.57 Å². The SMILES string of the molecule is CC1=CC(O)C(C)C(C)C1. The lowest BCUT2D eigenvalue weighted by atomic mass is 9.81. The maximum absolute atomic E-state index is 9.44. The Kier molecular flexibility index (Phi) is 2.14. The summed E-state index contributed by atoms with van der Waals surface area (Å²) in [6, 6.07) is 0. The quantitative estimate of drug-likeness (QED) is 0.510. The van der Waals surface area contributed by atoms with Crippen LogP contribution in [0.1, 0.15) is 27.2 Å². The molecule has 0 radical (unpaired) electrons. The molecule has 10 heavy (non-hydrogen) atoms. The van der Waals surface area contributed by atoms with E-state index in [0.29, 0.717) is 11.8 Å². The van der Waals surface area contributed by atoms with Crippen molar-refractivity contribution in [1.29, 1.82) is 0 Å². The summed E-state index contributed by atoms with van der Waals surface area (Å²) in [5.74, 6) is 1.07. The summed E-state index contributed by atoms with van der Waals surface area (Å²) in [5.41, 5.74) is 1.33. The van der Waals surface area contributed by atoms with Crippen LogP contribution in [-0.2, 0) is 0 Å². The van der Waals surface area contributed by atoms with Crippen LogP contribution in [0.5, 0.6) is 0 Å². The Bertz CT molecular complexity index is 149. The van der Waals surface area contributed by atoms with Gasteiger partial charge in [0.2, 0.25) is 0 Å². The fourth-order valence-corrected chi connectivity index (χ4v) is 1.54. The predicted molar refractivity (Wildman–Crippen MR) is 42.7 cm³/mol. The van der Waals surface area contributed by atoms with Crippen LogP contribution in [-0.4, -0.2) is 11.2 Å². The second-order valence-corrected chi connectivity index (χ2v) is 3.54.